The second-order valence-electron chi connectivity index (χ2n) is 2.35. The third-order valence-electron chi connectivity index (χ3n) is 1.29. The molecule has 0 heterocycles. The van der Waals surface area contributed by atoms with E-state index in [9.17, 15) is 12.8 Å². The summed E-state index contributed by atoms with van der Waals surface area (Å²) in [5.74, 6) is -0.696. The van der Waals surface area contributed by atoms with Gasteiger partial charge in [0.05, 0.1) is 0 Å². The fourth-order valence-electron chi connectivity index (χ4n) is 0.761. The first kappa shape index (κ1) is 9.91. The quantitative estimate of drug-likeness (QED) is 0.742. The van der Waals surface area contributed by atoms with Crippen molar-refractivity contribution in [3.05, 3.63) is 27.6 Å². The molecule has 0 saturated carbocycles. The van der Waals surface area contributed by atoms with Crippen LogP contribution in [-0.2, 0) is 9.84 Å². The first-order chi connectivity index (χ1) is 5.41. The highest BCUT2D eigenvalue weighted by Gasteiger charge is 2.12. The molecular weight excluding hydrogens is 294 g/mol. The van der Waals surface area contributed by atoms with Gasteiger partial charge in [0.2, 0.25) is 0 Å². The van der Waals surface area contributed by atoms with E-state index < -0.39 is 15.7 Å². The van der Waals surface area contributed by atoms with Gasteiger partial charge in [-0.25, -0.2) is 12.8 Å². The summed E-state index contributed by atoms with van der Waals surface area (Å²) in [6.45, 7) is 0. The second-order valence-corrected chi connectivity index (χ2v) is 5.58. The van der Waals surface area contributed by atoms with Gasteiger partial charge in [0.1, 0.15) is 10.7 Å². The van der Waals surface area contributed by atoms with Crippen LogP contribution in [0.1, 0.15) is 0 Å². The zero-order valence-corrected chi connectivity index (χ0v) is 9.19. The molecule has 0 saturated heterocycles. The Hall–Kier alpha value is -0.170. The highest BCUT2D eigenvalue weighted by Crippen LogP contribution is 2.17. The van der Waals surface area contributed by atoms with Crippen LogP contribution in [0.4, 0.5) is 4.39 Å². The van der Waals surface area contributed by atoms with Crippen LogP contribution in [0.3, 0.4) is 0 Å². The third kappa shape index (κ3) is 2.16. The summed E-state index contributed by atoms with van der Waals surface area (Å²) in [5, 5.41) is 0. The summed E-state index contributed by atoms with van der Waals surface area (Å²) < 4.78 is 35.5. The molecule has 0 aliphatic rings. The van der Waals surface area contributed by atoms with E-state index in [1.807, 2.05) is 22.6 Å². The third-order valence-corrected chi connectivity index (χ3v) is 3.08. The monoisotopic (exact) mass is 300 g/mol. The average molecular weight is 300 g/mol. The van der Waals surface area contributed by atoms with E-state index >= 15 is 0 Å². The Balaban J connectivity index is 3.43. The first-order valence-corrected chi connectivity index (χ1v) is 6.03. The molecule has 1 aromatic carbocycles. The van der Waals surface area contributed by atoms with E-state index in [2.05, 4.69) is 0 Å². The SMILES string of the molecule is CS(=O)(=O)c1cc(I)ccc1F. The summed E-state index contributed by atoms with van der Waals surface area (Å²) in [4.78, 5) is -0.241. The minimum absolute atomic E-state index is 0.241. The van der Waals surface area contributed by atoms with E-state index in [1.54, 1.807) is 0 Å². The number of halogens is 2. The zero-order valence-electron chi connectivity index (χ0n) is 6.21. The van der Waals surface area contributed by atoms with Crippen molar-refractivity contribution in [3.63, 3.8) is 0 Å². The smallest absolute Gasteiger partial charge is 0.178 e. The summed E-state index contributed by atoms with van der Waals surface area (Å²) >= 11 is 1.93. The molecule has 0 N–H and O–H groups in total. The topological polar surface area (TPSA) is 34.1 Å². The van der Waals surface area contributed by atoms with E-state index in [0.717, 1.165) is 12.3 Å². The fourth-order valence-corrected chi connectivity index (χ4v) is 2.23. The van der Waals surface area contributed by atoms with E-state index in [4.69, 9.17) is 0 Å². The molecule has 1 aromatic rings. The van der Waals surface area contributed by atoms with Crippen LogP contribution in [0.15, 0.2) is 23.1 Å². The lowest BCUT2D eigenvalue weighted by atomic mass is 10.3. The second kappa shape index (κ2) is 3.29. The van der Waals surface area contributed by atoms with Crippen molar-refractivity contribution in [2.24, 2.45) is 0 Å². The molecule has 5 heteroatoms. The fraction of sp³-hybridized carbons (Fsp3) is 0.143. The van der Waals surface area contributed by atoms with Crippen molar-refractivity contribution in [2.75, 3.05) is 6.26 Å². The molecule has 0 radical (unpaired) electrons. The predicted octanol–water partition coefficient (Wildman–Crippen LogP) is 1.83. The van der Waals surface area contributed by atoms with Gasteiger partial charge in [-0.2, -0.15) is 0 Å². The van der Waals surface area contributed by atoms with Crippen molar-refractivity contribution in [3.8, 4) is 0 Å². The average Bonchev–Trinajstić information content (AvgIpc) is 1.92. The van der Waals surface area contributed by atoms with Gasteiger partial charge < -0.3 is 0 Å². The summed E-state index contributed by atoms with van der Waals surface area (Å²) in [7, 11) is -3.44. The van der Waals surface area contributed by atoms with Crippen LogP contribution < -0.4 is 0 Å². The van der Waals surface area contributed by atoms with Gasteiger partial charge in [-0.05, 0) is 40.8 Å². The molecule has 0 atom stereocenters. The molecule has 0 amide bonds. The molecule has 2 nitrogen and oxygen atoms in total. The van der Waals surface area contributed by atoms with Gasteiger partial charge in [-0.1, -0.05) is 0 Å². The standard InChI is InChI=1S/C7H6FIO2S/c1-12(10,11)7-4-5(9)2-3-6(7)8/h2-4H,1H3. The van der Waals surface area contributed by atoms with Crippen LogP contribution in [-0.4, -0.2) is 14.7 Å². The van der Waals surface area contributed by atoms with Crippen molar-refractivity contribution >= 4 is 32.4 Å². The van der Waals surface area contributed by atoms with Crippen LogP contribution in [0, 0.1) is 9.39 Å². The lowest BCUT2D eigenvalue weighted by molar-refractivity contribution is 0.570. The number of hydrogen-bond donors (Lipinski definition) is 0. The zero-order chi connectivity index (χ0) is 9.35. The normalized spacial score (nSPS) is 11.6. The van der Waals surface area contributed by atoms with Gasteiger partial charge in [0.25, 0.3) is 0 Å². The van der Waals surface area contributed by atoms with Crippen LogP contribution in [0.2, 0.25) is 0 Å². The maximum atomic E-state index is 12.9. The molecular formula is C7H6FIO2S. The number of rotatable bonds is 1. The Labute approximate surface area is 83.8 Å². The molecule has 1 rings (SSSR count). The Kier molecular flexibility index (Phi) is 2.72. The predicted molar refractivity (Wildman–Crippen MR) is 52.2 cm³/mol. The summed E-state index contributed by atoms with van der Waals surface area (Å²) in [6, 6.07) is 3.98. The molecule has 0 bridgehead atoms. The van der Waals surface area contributed by atoms with Crippen molar-refractivity contribution < 1.29 is 12.8 Å². The molecule has 66 valence electrons. The highest BCUT2D eigenvalue weighted by atomic mass is 127. The van der Waals surface area contributed by atoms with Gasteiger partial charge in [-0.15, -0.1) is 0 Å². The van der Waals surface area contributed by atoms with E-state index in [-0.39, 0.29) is 4.90 Å². The molecule has 12 heavy (non-hydrogen) atoms. The largest absolute Gasteiger partial charge is 0.224 e. The minimum Gasteiger partial charge on any atom is -0.224 e. The minimum atomic E-state index is -3.44. The molecule has 0 fully saturated rings. The summed E-state index contributed by atoms with van der Waals surface area (Å²) in [5.41, 5.74) is 0. The van der Waals surface area contributed by atoms with Crippen molar-refractivity contribution in [1.82, 2.24) is 0 Å². The lowest BCUT2D eigenvalue weighted by Crippen LogP contribution is -2.00. The molecule has 0 aliphatic carbocycles. The van der Waals surface area contributed by atoms with Crippen LogP contribution in [0.5, 0.6) is 0 Å². The maximum absolute atomic E-state index is 12.9. The van der Waals surface area contributed by atoms with Gasteiger partial charge in [-0.3, -0.25) is 0 Å². The van der Waals surface area contributed by atoms with Crippen LogP contribution >= 0.6 is 22.6 Å². The molecule has 0 aromatic heterocycles. The van der Waals surface area contributed by atoms with Crippen molar-refractivity contribution in [1.29, 1.82) is 0 Å². The Morgan fingerprint density at radius 2 is 2.00 bits per heavy atom. The molecule has 0 aliphatic heterocycles. The van der Waals surface area contributed by atoms with Crippen molar-refractivity contribution in [2.45, 2.75) is 4.90 Å². The Morgan fingerprint density at radius 3 is 2.42 bits per heavy atom. The summed E-state index contributed by atoms with van der Waals surface area (Å²) in [6.07, 6.45) is 0.988. The number of sulfone groups is 1. The van der Waals surface area contributed by atoms with Gasteiger partial charge >= 0.3 is 0 Å². The van der Waals surface area contributed by atoms with E-state index in [0.29, 0.717) is 3.57 Å². The van der Waals surface area contributed by atoms with Gasteiger partial charge in [0.15, 0.2) is 9.84 Å². The Morgan fingerprint density at radius 1 is 1.42 bits per heavy atom. The van der Waals surface area contributed by atoms with E-state index in [1.165, 1.54) is 12.1 Å². The lowest BCUT2D eigenvalue weighted by Gasteiger charge is -1.99. The molecule has 0 unspecified atom stereocenters. The molecule has 0 spiro atoms. The maximum Gasteiger partial charge on any atom is 0.178 e. The van der Waals surface area contributed by atoms with Crippen LogP contribution in [0.25, 0.3) is 0 Å². The first-order valence-electron chi connectivity index (χ1n) is 3.06. The number of benzene rings is 1. The highest BCUT2D eigenvalue weighted by molar-refractivity contribution is 14.1. The Bertz CT molecular complexity index is 400. The number of hydrogen-bond acceptors (Lipinski definition) is 2. The van der Waals surface area contributed by atoms with Gasteiger partial charge in [0, 0.05) is 9.83 Å².